The highest BCUT2D eigenvalue weighted by Crippen LogP contribution is 2.42. The standard InChI is InChI=1S/C11H11BrN2.C7H11F3/c1-14-10-6-8(12)4-5-9(10)11(13-14)7-2-3-7;8-7(9,10)6-4-2-1-3-5-6/h4-7H,2-3H2,1H3;6H,1-5H2. The van der Waals surface area contributed by atoms with Crippen molar-refractivity contribution in [1.82, 2.24) is 9.78 Å². The number of alkyl halides is 3. The minimum Gasteiger partial charge on any atom is -0.268 e. The third-order valence-corrected chi connectivity index (χ3v) is 5.37. The molecule has 1 aromatic heterocycles. The Balaban J connectivity index is 0.000000150. The molecule has 2 saturated carbocycles. The molecular weight excluding hydrogens is 381 g/mol. The lowest BCUT2D eigenvalue weighted by Gasteiger charge is -2.23. The molecule has 0 aliphatic heterocycles. The molecule has 0 spiro atoms. The lowest BCUT2D eigenvalue weighted by atomic mass is 9.89. The van der Waals surface area contributed by atoms with E-state index in [1.807, 2.05) is 11.7 Å². The van der Waals surface area contributed by atoms with Crippen molar-refractivity contribution in [3.05, 3.63) is 28.4 Å². The summed E-state index contributed by atoms with van der Waals surface area (Å²) in [7, 11) is 2.01. The number of nitrogens with zero attached hydrogens (tertiary/aromatic N) is 2. The zero-order valence-corrected chi connectivity index (χ0v) is 15.3. The minimum atomic E-state index is -3.93. The number of aryl methyl sites for hydroxylation is 1. The molecule has 0 amide bonds. The number of fused-ring (bicyclic) bond motifs is 1. The predicted molar refractivity (Wildman–Crippen MR) is 93.0 cm³/mol. The Morgan fingerprint density at radius 2 is 1.75 bits per heavy atom. The van der Waals surface area contributed by atoms with Crippen LogP contribution in [0.4, 0.5) is 13.2 Å². The van der Waals surface area contributed by atoms with E-state index in [2.05, 4.69) is 39.2 Å². The molecule has 2 aliphatic rings. The first-order valence-electron chi connectivity index (χ1n) is 8.55. The third-order valence-electron chi connectivity index (χ3n) is 4.87. The van der Waals surface area contributed by atoms with Gasteiger partial charge in [0.25, 0.3) is 0 Å². The Labute approximate surface area is 148 Å². The molecule has 132 valence electrons. The Kier molecular flexibility index (Phi) is 5.23. The Bertz CT molecular complexity index is 698. The Hall–Kier alpha value is -1.04. The van der Waals surface area contributed by atoms with Crippen molar-refractivity contribution in [2.45, 2.75) is 57.0 Å². The van der Waals surface area contributed by atoms with Gasteiger partial charge in [-0.1, -0.05) is 35.2 Å². The van der Waals surface area contributed by atoms with Gasteiger partial charge in [-0.15, -0.1) is 0 Å². The van der Waals surface area contributed by atoms with Crippen LogP contribution in [0.5, 0.6) is 0 Å². The maximum atomic E-state index is 11.9. The van der Waals surface area contributed by atoms with Crippen molar-refractivity contribution in [3.8, 4) is 0 Å². The summed E-state index contributed by atoms with van der Waals surface area (Å²) in [4.78, 5) is 0. The highest BCUT2D eigenvalue weighted by atomic mass is 79.9. The smallest absolute Gasteiger partial charge is 0.268 e. The molecule has 0 atom stereocenters. The molecule has 0 radical (unpaired) electrons. The van der Waals surface area contributed by atoms with Gasteiger partial charge >= 0.3 is 6.18 Å². The van der Waals surface area contributed by atoms with Crippen LogP contribution in [0.3, 0.4) is 0 Å². The molecule has 2 nitrogen and oxygen atoms in total. The van der Waals surface area contributed by atoms with E-state index in [4.69, 9.17) is 0 Å². The monoisotopic (exact) mass is 402 g/mol. The van der Waals surface area contributed by atoms with Gasteiger partial charge in [-0.05, 0) is 43.9 Å². The Morgan fingerprint density at radius 3 is 2.29 bits per heavy atom. The predicted octanol–water partition coefficient (Wildman–Crippen LogP) is 6.34. The van der Waals surface area contributed by atoms with E-state index >= 15 is 0 Å². The summed E-state index contributed by atoms with van der Waals surface area (Å²) in [5.41, 5.74) is 2.51. The number of benzene rings is 1. The van der Waals surface area contributed by atoms with Crippen LogP contribution < -0.4 is 0 Å². The topological polar surface area (TPSA) is 17.8 Å². The van der Waals surface area contributed by atoms with Gasteiger partial charge in [0, 0.05) is 22.8 Å². The number of halogens is 4. The highest BCUT2D eigenvalue weighted by Gasteiger charge is 2.39. The number of hydrogen-bond acceptors (Lipinski definition) is 1. The maximum Gasteiger partial charge on any atom is 0.391 e. The van der Waals surface area contributed by atoms with Crippen molar-refractivity contribution in [2.24, 2.45) is 13.0 Å². The van der Waals surface area contributed by atoms with E-state index in [1.165, 1.54) is 29.4 Å². The first kappa shape index (κ1) is 17.8. The van der Waals surface area contributed by atoms with Gasteiger partial charge in [-0.3, -0.25) is 4.68 Å². The van der Waals surface area contributed by atoms with Gasteiger partial charge in [-0.25, -0.2) is 0 Å². The van der Waals surface area contributed by atoms with Crippen LogP contribution in [-0.2, 0) is 7.05 Å². The fraction of sp³-hybridized carbons (Fsp3) is 0.611. The molecule has 24 heavy (non-hydrogen) atoms. The van der Waals surface area contributed by atoms with Crippen LogP contribution in [-0.4, -0.2) is 16.0 Å². The quantitative estimate of drug-likeness (QED) is 0.543. The summed E-state index contributed by atoms with van der Waals surface area (Å²) in [5, 5.41) is 5.91. The maximum absolute atomic E-state index is 11.9. The summed E-state index contributed by atoms with van der Waals surface area (Å²) >= 11 is 3.49. The first-order valence-corrected chi connectivity index (χ1v) is 9.34. The lowest BCUT2D eigenvalue weighted by molar-refractivity contribution is -0.181. The van der Waals surface area contributed by atoms with Gasteiger partial charge < -0.3 is 0 Å². The second-order valence-corrected chi connectivity index (χ2v) is 7.74. The molecule has 2 aromatic rings. The second kappa shape index (κ2) is 7.06. The zero-order chi connectivity index (χ0) is 17.3. The van der Waals surface area contributed by atoms with Gasteiger partial charge in [0.2, 0.25) is 0 Å². The third kappa shape index (κ3) is 4.13. The summed E-state index contributed by atoms with van der Waals surface area (Å²) in [6.45, 7) is 0. The summed E-state index contributed by atoms with van der Waals surface area (Å²) in [6, 6.07) is 6.39. The molecule has 6 heteroatoms. The van der Waals surface area contributed by atoms with Gasteiger partial charge in [-0.2, -0.15) is 18.3 Å². The molecule has 0 bridgehead atoms. The van der Waals surface area contributed by atoms with Gasteiger partial charge in [0.15, 0.2) is 0 Å². The first-order chi connectivity index (χ1) is 11.4. The molecule has 0 N–H and O–H groups in total. The van der Waals surface area contributed by atoms with Crippen molar-refractivity contribution in [1.29, 1.82) is 0 Å². The second-order valence-electron chi connectivity index (χ2n) is 6.82. The molecule has 2 aliphatic carbocycles. The Morgan fingerprint density at radius 1 is 1.08 bits per heavy atom. The van der Waals surface area contributed by atoms with Crippen LogP contribution in [0.2, 0.25) is 0 Å². The summed E-state index contributed by atoms with van der Waals surface area (Å²) in [5.74, 6) is -0.277. The fourth-order valence-electron chi connectivity index (χ4n) is 3.35. The molecule has 2 fully saturated rings. The van der Waals surface area contributed by atoms with Crippen molar-refractivity contribution < 1.29 is 13.2 Å². The van der Waals surface area contributed by atoms with Crippen molar-refractivity contribution >= 4 is 26.8 Å². The summed E-state index contributed by atoms with van der Waals surface area (Å²) < 4.78 is 38.9. The summed E-state index contributed by atoms with van der Waals surface area (Å²) in [6.07, 6.45) is 1.87. The molecule has 0 unspecified atom stereocenters. The largest absolute Gasteiger partial charge is 0.391 e. The normalized spacial score (nSPS) is 19.2. The van der Waals surface area contributed by atoms with Crippen LogP contribution >= 0.6 is 15.9 Å². The fourth-order valence-corrected chi connectivity index (χ4v) is 3.70. The molecule has 1 heterocycles. The van der Waals surface area contributed by atoms with Crippen LogP contribution in [0.1, 0.15) is 56.6 Å². The molecule has 1 aromatic carbocycles. The van der Waals surface area contributed by atoms with Gasteiger partial charge in [0.05, 0.1) is 17.1 Å². The average Bonchev–Trinajstić information content (AvgIpc) is 3.34. The van der Waals surface area contributed by atoms with Crippen LogP contribution in [0, 0.1) is 5.92 Å². The minimum absolute atomic E-state index is 0.351. The zero-order valence-electron chi connectivity index (χ0n) is 13.7. The van der Waals surface area contributed by atoms with Crippen molar-refractivity contribution in [2.75, 3.05) is 0 Å². The number of aromatic nitrogens is 2. The average molecular weight is 403 g/mol. The number of hydrogen-bond donors (Lipinski definition) is 0. The van der Waals surface area contributed by atoms with Crippen LogP contribution in [0.25, 0.3) is 10.9 Å². The molecule has 4 rings (SSSR count). The van der Waals surface area contributed by atoms with E-state index in [0.717, 1.165) is 29.7 Å². The molecule has 0 saturated heterocycles. The highest BCUT2D eigenvalue weighted by molar-refractivity contribution is 9.10. The van der Waals surface area contributed by atoms with E-state index in [1.54, 1.807) is 0 Å². The van der Waals surface area contributed by atoms with E-state index in [-0.39, 0.29) is 0 Å². The van der Waals surface area contributed by atoms with E-state index < -0.39 is 12.1 Å². The van der Waals surface area contributed by atoms with Gasteiger partial charge in [0.1, 0.15) is 0 Å². The van der Waals surface area contributed by atoms with Crippen LogP contribution in [0.15, 0.2) is 22.7 Å². The number of rotatable bonds is 1. The van der Waals surface area contributed by atoms with E-state index in [0.29, 0.717) is 12.8 Å². The SMILES string of the molecule is Cn1nc(C2CC2)c2ccc(Br)cc21.FC(F)(F)C1CCCCC1. The lowest BCUT2D eigenvalue weighted by Crippen LogP contribution is -2.24. The van der Waals surface area contributed by atoms with Crippen molar-refractivity contribution in [3.63, 3.8) is 0 Å². The van der Waals surface area contributed by atoms with E-state index in [9.17, 15) is 13.2 Å². The molecular formula is C18H22BrF3N2.